The second kappa shape index (κ2) is 6.87. The van der Waals surface area contributed by atoms with E-state index in [9.17, 15) is 0 Å². The molecule has 0 fully saturated rings. The van der Waals surface area contributed by atoms with E-state index in [4.69, 9.17) is 51.4 Å². The van der Waals surface area contributed by atoms with Gasteiger partial charge in [-0.15, -0.1) is 51.4 Å². The summed E-state index contributed by atoms with van der Waals surface area (Å²) in [7, 11) is 0. The molecule has 5 aliphatic rings. The lowest BCUT2D eigenvalue weighted by Crippen LogP contribution is -2.25. The quantitative estimate of drug-likeness (QED) is 0.250. The van der Waals surface area contributed by atoms with Crippen LogP contribution in [0.4, 0.5) is 0 Å². The fourth-order valence-electron chi connectivity index (χ4n) is 8.98. The van der Waals surface area contributed by atoms with Gasteiger partial charge in [0.2, 0.25) is 0 Å². The van der Waals surface area contributed by atoms with Crippen molar-refractivity contribution in [2.24, 2.45) is 0 Å². The lowest BCUT2D eigenvalue weighted by Gasteiger charge is -2.24. The van der Waals surface area contributed by atoms with Gasteiger partial charge in [-0.05, 0) is 86.3 Å². The smallest absolute Gasteiger partial charge is 0.118 e. The van der Waals surface area contributed by atoms with Gasteiger partial charge in [-0.3, -0.25) is 0 Å². The highest BCUT2D eigenvalue weighted by Gasteiger charge is 2.49. The van der Waals surface area contributed by atoms with Crippen LogP contribution in [0.3, 0.4) is 0 Å². The average Bonchev–Trinajstić information content (AvgIpc) is 3.72. The number of benzene rings is 4. The molecule has 0 saturated carbocycles. The van der Waals surface area contributed by atoms with Crippen LogP contribution in [0.25, 0.3) is 0 Å². The zero-order chi connectivity index (χ0) is 30.6. The number of rotatable bonds is 0. The van der Waals surface area contributed by atoms with Gasteiger partial charge >= 0.3 is 0 Å². The van der Waals surface area contributed by atoms with Crippen molar-refractivity contribution in [2.45, 2.75) is 21.7 Å². The molecular weight excluding hydrogens is 528 g/mol. The highest BCUT2D eigenvalue weighted by molar-refractivity contribution is 5.74. The third-order valence-corrected chi connectivity index (χ3v) is 10.8. The molecule has 0 spiro atoms. The van der Waals surface area contributed by atoms with Crippen LogP contribution in [0.1, 0.15) is 44.5 Å². The Balaban J connectivity index is 1.87. The summed E-state index contributed by atoms with van der Waals surface area (Å²) < 4.78 is 0. The molecule has 0 N–H and O–H groups in total. The maximum Gasteiger partial charge on any atom is 0.142 e. The molecule has 0 aromatic heterocycles. The van der Waals surface area contributed by atoms with Crippen molar-refractivity contribution in [1.82, 2.24) is 0 Å². The van der Waals surface area contributed by atoms with E-state index < -0.39 is 21.7 Å². The van der Waals surface area contributed by atoms with Crippen molar-refractivity contribution in [1.29, 1.82) is 0 Å². The SMILES string of the molecule is C#CC1(C#C)c2ccc3c4c2=c2c1ccc1c2=c2c(ccc5c2=c2c(ccc(c2=4)C3(C#C)C#C)C5(C#C)C#C)C1(C#C)C#C. The highest BCUT2D eigenvalue weighted by Crippen LogP contribution is 2.52. The summed E-state index contributed by atoms with van der Waals surface area (Å²) in [5.41, 5.74) is 1.95. The zero-order valence-electron chi connectivity index (χ0n) is 23.2. The molecule has 4 aromatic rings. The van der Waals surface area contributed by atoms with E-state index in [1.165, 1.54) is 0 Å². The standard InChI is InChI=1S/C44H16/c1-9-41(10-2)25-17-19-27-35-33(25)34-26(41)18-20-28-36(34)38-30(43(28,13-5)14-6)22-24-32-40(38)39-31(44(32,15-7)16-8)23-21-29(37(35)39)42(27,11-3)12-4/h1-8,17-24H. The second-order valence-electron chi connectivity index (χ2n) is 11.8. The van der Waals surface area contributed by atoms with Crippen LogP contribution in [-0.4, -0.2) is 0 Å². The summed E-state index contributed by atoms with van der Waals surface area (Å²) in [5, 5.41) is 7.21. The predicted octanol–water partition coefficient (Wildman–Crippen LogP) is 4.61. The molecule has 0 unspecified atom stereocenters. The van der Waals surface area contributed by atoms with Crippen LogP contribution in [0.2, 0.25) is 0 Å². The minimum absolute atomic E-state index is 0.816. The Morgan fingerprint density at radius 2 is 0.364 bits per heavy atom. The first kappa shape index (κ1) is 24.0. The van der Waals surface area contributed by atoms with Crippen molar-refractivity contribution in [3.63, 3.8) is 0 Å². The Hall–Kier alpha value is -6.64. The Bertz CT molecular complexity index is 2360. The molecular formula is C44H16. The highest BCUT2D eigenvalue weighted by atomic mass is 14.5. The van der Waals surface area contributed by atoms with E-state index in [0.29, 0.717) is 0 Å². The van der Waals surface area contributed by atoms with Gasteiger partial charge in [0.15, 0.2) is 0 Å². The zero-order valence-corrected chi connectivity index (χ0v) is 23.2. The summed E-state index contributed by atoms with van der Waals surface area (Å²) in [5.74, 6) is 23.9. The van der Waals surface area contributed by atoms with Crippen LogP contribution >= 0.6 is 0 Å². The summed E-state index contributed by atoms with van der Waals surface area (Å²) in [6, 6.07) is 15.8. The predicted molar refractivity (Wildman–Crippen MR) is 170 cm³/mol. The van der Waals surface area contributed by atoms with E-state index in [-0.39, 0.29) is 0 Å². The van der Waals surface area contributed by atoms with E-state index >= 15 is 0 Å². The lowest BCUT2D eigenvalue weighted by molar-refractivity contribution is 0.866. The van der Waals surface area contributed by atoms with E-state index in [0.717, 1.165) is 86.3 Å². The Morgan fingerprint density at radius 1 is 0.250 bits per heavy atom. The Morgan fingerprint density at radius 3 is 0.455 bits per heavy atom. The molecule has 192 valence electrons. The van der Waals surface area contributed by atoms with Gasteiger partial charge in [0, 0.05) is 0 Å². The van der Waals surface area contributed by atoms with Crippen molar-refractivity contribution in [3.8, 4) is 98.8 Å². The van der Waals surface area contributed by atoms with Crippen LogP contribution in [-0.2, 0) is 21.7 Å². The maximum absolute atomic E-state index is 6.35. The van der Waals surface area contributed by atoms with Gasteiger partial charge < -0.3 is 0 Å². The van der Waals surface area contributed by atoms with Crippen molar-refractivity contribution in [3.05, 3.63) is 135 Å². The first-order valence-electron chi connectivity index (χ1n) is 14.0. The summed E-state index contributed by atoms with van der Waals surface area (Å²) in [6.45, 7) is 0. The van der Waals surface area contributed by atoms with Gasteiger partial charge in [0.25, 0.3) is 0 Å². The van der Waals surface area contributed by atoms with Crippen molar-refractivity contribution < 1.29 is 0 Å². The minimum atomic E-state index is -1.14. The average molecular weight is 545 g/mol. The first-order chi connectivity index (χ1) is 21.4. The lowest BCUT2D eigenvalue weighted by atomic mass is 9.74. The van der Waals surface area contributed by atoms with Crippen molar-refractivity contribution in [2.75, 3.05) is 0 Å². The molecule has 0 heteroatoms. The largest absolute Gasteiger partial charge is 0.142 e. The number of hydrogen-bond acceptors (Lipinski definition) is 0. The molecule has 44 heavy (non-hydrogen) atoms. The molecule has 0 nitrogen and oxygen atoms in total. The molecule has 5 aliphatic carbocycles. The van der Waals surface area contributed by atoms with E-state index in [1.807, 2.05) is 48.5 Å². The number of terminal acetylenes is 8. The van der Waals surface area contributed by atoms with E-state index in [2.05, 4.69) is 47.4 Å². The normalized spacial score (nSPS) is 17.6. The van der Waals surface area contributed by atoms with Crippen LogP contribution in [0.15, 0.2) is 48.5 Å². The first-order valence-corrected chi connectivity index (χ1v) is 14.0. The van der Waals surface area contributed by atoms with Crippen LogP contribution < -0.4 is 0 Å². The fraction of sp³-hybridized carbons (Fsp3) is 0.0909. The molecule has 0 heterocycles. The van der Waals surface area contributed by atoms with Crippen molar-refractivity contribution >= 4 is 0 Å². The monoisotopic (exact) mass is 544 g/mol. The molecule has 9 rings (SSSR count). The van der Waals surface area contributed by atoms with Gasteiger partial charge in [-0.25, -0.2) is 0 Å². The van der Waals surface area contributed by atoms with Gasteiger partial charge in [-0.2, -0.15) is 0 Å². The maximum atomic E-state index is 6.35. The summed E-state index contributed by atoms with van der Waals surface area (Å²) >= 11 is 0. The third-order valence-electron chi connectivity index (χ3n) is 10.8. The van der Waals surface area contributed by atoms with E-state index in [1.54, 1.807) is 0 Å². The molecule has 4 aromatic carbocycles. The summed E-state index contributed by atoms with van der Waals surface area (Å²) in [6.07, 6.45) is 50.8. The third kappa shape index (κ3) is 1.87. The number of hydrogen-bond donors (Lipinski definition) is 0. The molecule has 0 saturated heterocycles. The second-order valence-corrected chi connectivity index (χ2v) is 11.8. The Labute approximate surface area is 254 Å². The molecule has 0 atom stereocenters. The topological polar surface area (TPSA) is 0 Å². The van der Waals surface area contributed by atoms with Gasteiger partial charge in [0.1, 0.15) is 21.7 Å². The molecule has 0 bridgehead atoms. The van der Waals surface area contributed by atoms with Gasteiger partial charge in [0.05, 0.1) is 0 Å². The minimum Gasteiger partial charge on any atom is -0.118 e. The van der Waals surface area contributed by atoms with Crippen LogP contribution in [0, 0.1) is 140 Å². The molecule has 0 amide bonds. The fourth-order valence-corrected chi connectivity index (χ4v) is 8.98. The molecule has 0 aliphatic heterocycles. The Kier molecular flexibility index (Phi) is 3.75. The van der Waals surface area contributed by atoms with Gasteiger partial charge in [-0.1, -0.05) is 95.9 Å². The molecule has 0 radical (unpaired) electrons. The van der Waals surface area contributed by atoms with Crippen LogP contribution in [0.5, 0.6) is 0 Å². The summed E-state index contributed by atoms with van der Waals surface area (Å²) in [4.78, 5) is 0.